The molecule has 0 aromatic carbocycles. The van der Waals surface area contributed by atoms with Crippen LogP contribution in [0.15, 0.2) is 42.3 Å². The number of amides is 2. The summed E-state index contributed by atoms with van der Waals surface area (Å²) in [6.45, 7) is 3.48. The van der Waals surface area contributed by atoms with E-state index >= 15 is 0 Å². The van der Waals surface area contributed by atoms with Crippen LogP contribution in [0.3, 0.4) is 0 Å². The number of pyridine rings is 1. The van der Waals surface area contributed by atoms with Gasteiger partial charge < -0.3 is 30.3 Å². The summed E-state index contributed by atoms with van der Waals surface area (Å²) in [5.41, 5.74) is 1.20. The number of methoxy groups -OCH3 is 1. The van der Waals surface area contributed by atoms with Crippen LogP contribution in [0.1, 0.15) is 23.8 Å². The Balaban J connectivity index is 1.17. The van der Waals surface area contributed by atoms with Crippen LogP contribution in [-0.4, -0.2) is 109 Å². The Morgan fingerprint density at radius 1 is 1.40 bits per heavy atom. The van der Waals surface area contributed by atoms with Crippen molar-refractivity contribution in [3.05, 3.63) is 47.1 Å². The first-order valence-corrected chi connectivity index (χ1v) is 14.4. The smallest absolute Gasteiger partial charge is 0.319 e. The van der Waals surface area contributed by atoms with Gasteiger partial charge in [0.15, 0.2) is 12.3 Å². The van der Waals surface area contributed by atoms with E-state index in [-0.39, 0.29) is 24.7 Å². The molecule has 1 saturated heterocycles. The van der Waals surface area contributed by atoms with Gasteiger partial charge in [-0.25, -0.2) is 9.18 Å². The number of carbonyl (C=O) groups is 1. The molecule has 218 valence electrons. The van der Waals surface area contributed by atoms with Crippen molar-refractivity contribution in [2.75, 3.05) is 53.2 Å². The topological polar surface area (TPSA) is 131 Å². The third-order valence-corrected chi connectivity index (χ3v) is 8.42. The molecule has 5 rings (SSSR count). The SMILES string of the molecule is COCCN(CCN1CNC(c2cc3nccc(OC4C=CC(NC(=O)NC5CC5)=CC4F)c3s2)C1)C(O)CO. The molecule has 1 aliphatic heterocycles. The summed E-state index contributed by atoms with van der Waals surface area (Å²) >= 11 is 1.57. The quantitative estimate of drug-likeness (QED) is 0.225. The number of aromatic nitrogens is 1. The molecule has 3 heterocycles. The second-order valence-electron chi connectivity index (χ2n) is 10.2. The normalized spacial score (nSPS) is 23.9. The van der Waals surface area contributed by atoms with Gasteiger partial charge in [0.1, 0.15) is 12.0 Å². The average molecular weight is 577 g/mol. The minimum Gasteiger partial charge on any atom is -0.481 e. The average Bonchev–Trinajstić information content (AvgIpc) is 3.44. The molecule has 0 radical (unpaired) electrons. The number of fused-ring (bicyclic) bond motifs is 1. The molecule has 4 unspecified atom stereocenters. The fraction of sp³-hybridized carbons (Fsp3) is 0.556. The molecule has 13 heteroatoms. The molecule has 2 fully saturated rings. The van der Waals surface area contributed by atoms with Gasteiger partial charge in [-0.15, -0.1) is 11.3 Å². The Hall–Kier alpha value is -2.65. The zero-order valence-electron chi connectivity index (χ0n) is 22.5. The van der Waals surface area contributed by atoms with E-state index in [0.29, 0.717) is 37.8 Å². The van der Waals surface area contributed by atoms with Gasteiger partial charge in [0.2, 0.25) is 0 Å². The van der Waals surface area contributed by atoms with E-state index in [9.17, 15) is 19.4 Å². The van der Waals surface area contributed by atoms with Gasteiger partial charge in [-0.3, -0.25) is 20.1 Å². The van der Waals surface area contributed by atoms with E-state index in [1.165, 1.54) is 6.08 Å². The molecule has 0 bridgehead atoms. The fourth-order valence-corrected chi connectivity index (χ4v) is 5.87. The maximum absolute atomic E-state index is 15.0. The van der Waals surface area contributed by atoms with Crippen molar-refractivity contribution in [2.24, 2.45) is 0 Å². The second-order valence-corrected chi connectivity index (χ2v) is 11.3. The number of hydrogen-bond donors (Lipinski definition) is 5. The minimum absolute atomic E-state index is 0.101. The maximum Gasteiger partial charge on any atom is 0.319 e. The number of carbonyl (C=O) groups excluding carboxylic acids is 1. The number of rotatable bonds is 13. The van der Waals surface area contributed by atoms with Crippen molar-refractivity contribution in [1.82, 2.24) is 30.7 Å². The van der Waals surface area contributed by atoms with E-state index in [0.717, 1.165) is 41.0 Å². The number of urea groups is 1. The molecule has 2 aliphatic carbocycles. The monoisotopic (exact) mass is 576 g/mol. The summed E-state index contributed by atoms with van der Waals surface area (Å²) in [6.07, 6.45) is 5.13. The maximum atomic E-state index is 15.0. The largest absolute Gasteiger partial charge is 0.481 e. The lowest BCUT2D eigenvalue weighted by Crippen LogP contribution is -2.44. The Morgan fingerprint density at radius 3 is 3.00 bits per heavy atom. The molecule has 4 atom stereocenters. The summed E-state index contributed by atoms with van der Waals surface area (Å²) in [6, 6.07) is 3.79. The second kappa shape index (κ2) is 13.3. The van der Waals surface area contributed by atoms with E-state index in [1.54, 1.807) is 47.8 Å². The third kappa shape index (κ3) is 7.35. The number of halogens is 1. The van der Waals surface area contributed by atoms with Gasteiger partial charge in [-0.1, -0.05) is 0 Å². The van der Waals surface area contributed by atoms with Crippen LogP contribution in [0.4, 0.5) is 9.18 Å². The predicted octanol–water partition coefficient (Wildman–Crippen LogP) is 1.46. The first-order valence-electron chi connectivity index (χ1n) is 13.6. The van der Waals surface area contributed by atoms with Gasteiger partial charge in [0.25, 0.3) is 0 Å². The molecule has 5 N–H and O–H groups in total. The number of ether oxygens (including phenoxy) is 2. The zero-order valence-corrected chi connectivity index (χ0v) is 23.3. The first-order chi connectivity index (χ1) is 19.4. The number of allylic oxidation sites excluding steroid dienone is 1. The highest BCUT2D eigenvalue weighted by Crippen LogP contribution is 2.37. The molecule has 11 nitrogen and oxygen atoms in total. The number of alkyl halides is 1. The zero-order chi connectivity index (χ0) is 28.1. The van der Waals surface area contributed by atoms with Crippen molar-refractivity contribution in [3.8, 4) is 5.75 Å². The first kappa shape index (κ1) is 28.9. The van der Waals surface area contributed by atoms with Crippen LogP contribution in [0.2, 0.25) is 0 Å². The van der Waals surface area contributed by atoms with Gasteiger partial charge in [-0.05, 0) is 37.1 Å². The number of hydrogen-bond acceptors (Lipinski definition) is 10. The van der Waals surface area contributed by atoms with Crippen molar-refractivity contribution < 1.29 is 28.9 Å². The number of nitrogens with one attached hydrogen (secondary N) is 3. The Bertz CT molecular complexity index is 1220. The summed E-state index contributed by atoms with van der Waals surface area (Å²) in [5, 5.41) is 28.5. The molecular weight excluding hydrogens is 539 g/mol. The van der Waals surface area contributed by atoms with Crippen LogP contribution >= 0.6 is 11.3 Å². The number of nitrogens with zero attached hydrogens (tertiary/aromatic N) is 3. The molecule has 0 spiro atoms. The van der Waals surface area contributed by atoms with Crippen molar-refractivity contribution in [2.45, 2.75) is 43.4 Å². The summed E-state index contributed by atoms with van der Waals surface area (Å²) < 4.78 is 27.0. The predicted molar refractivity (Wildman–Crippen MR) is 150 cm³/mol. The molecule has 40 heavy (non-hydrogen) atoms. The third-order valence-electron chi connectivity index (χ3n) is 7.16. The summed E-state index contributed by atoms with van der Waals surface area (Å²) in [5.74, 6) is 0.566. The number of aliphatic hydroxyl groups excluding tert-OH is 2. The van der Waals surface area contributed by atoms with E-state index in [1.807, 2.05) is 6.07 Å². The standard InChI is InChI=1S/C27H37FN6O5S/c1-38-11-10-34(25(36)15-35)9-8-33-14-21(30-16-33)24-13-20-26(40-24)23(6-7-29-20)39-22-5-4-18(12-19(22)28)32-27(37)31-17-2-3-17/h4-7,12-13,17,19,21-22,25,30,35-36H,2-3,8-11,14-16H2,1H3,(H2,31,32,37). The Labute approximate surface area is 236 Å². The lowest BCUT2D eigenvalue weighted by molar-refractivity contribution is -0.0460. The van der Waals surface area contributed by atoms with Crippen molar-refractivity contribution in [1.29, 1.82) is 0 Å². The van der Waals surface area contributed by atoms with Crippen molar-refractivity contribution >= 4 is 27.6 Å². The van der Waals surface area contributed by atoms with E-state index in [2.05, 4.69) is 25.8 Å². The van der Waals surface area contributed by atoms with Gasteiger partial charge >= 0.3 is 6.03 Å². The number of aliphatic hydroxyl groups is 2. The Kier molecular flexibility index (Phi) is 9.63. The van der Waals surface area contributed by atoms with Gasteiger partial charge in [0.05, 0.1) is 29.5 Å². The fourth-order valence-electron chi connectivity index (χ4n) is 4.73. The van der Waals surface area contributed by atoms with Crippen molar-refractivity contribution in [3.63, 3.8) is 0 Å². The molecular formula is C27H37FN6O5S. The van der Waals surface area contributed by atoms with E-state index < -0.39 is 18.5 Å². The minimum atomic E-state index is -1.42. The van der Waals surface area contributed by atoms with Crippen LogP contribution in [0.5, 0.6) is 5.75 Å². The molecule has 1 saturated carbocycles. The molecule has 3 aliphatic rings. The van der Waals surface area contributed by atoms with Crippen LogP contribution in [-0.2, 0) is 4.74 Å². The van der Waals surface area contributed by atoms with Crippen LogP contribution in [0.25, 0.3) is 10.2 Å². The summed E-state index contributed by atoms with van der Waals surface area (Å²) in [4.78, 5) is 21.6. The van der Waals surface area contributed by atoms with Gasteiger partial charge in [-0.2, -0.15) is 0 Å². The lowest BCUT2D eigenvalue weighted by atomic mass is 10.1. The molecule has 2 aromatic rings. The van der Waals surface area contributed by atoms with E-state index in [4.69, 9.17) is 9.47 Å². The highest BCUT2D eigenvalue weighted by atomic mass is 32.1. The summed E-state index contributed by atoms with van der Waals surface area (Å²) in [7, 11) is 1.61. The Morgan fingerprint density at radius 2 is 2.25 bits per heavy atom. The highest BCUT2D eigenvalue weighted by molar-refractivity contribution is 7.19. The highest BCUT2D eigenvalue weighted by Gasteiger charge is 2.28. The number of thiophene rings is 1. The van der Waals surface area contributed by atoms with Gasteiger partial charge in [0, 0.05) is 68.8 Å². The molecule has 2 aromatic heterocycles. The van der Waals surface area contributed by atoms with Crippen LogP contribution in [0, 0.1) is 0 Å². The van der Waals surface area contributed by atoms with Crippen LogP contribution < -0.4 is 20.7 Å². The molecule has 2 amide bonds. The lowest BCUT2D eigenvalue weighted by Gasteiger charge is -2.28.